The number of rotatable bonds is 7. The minimum atomic E-state index is -4.85. The first-order valence-electron chi connectivity index (χ1n) is 3.81. The van der Waals surface area contributed by atoms with E-state index in [2.05, 4.69) is 28.6 Å². The molecule has 0 heterocycles. The highest BCUT2D eigenvalue weighted by Gasteiger charge is 2.35. The molecule has 0 amide bonds. The van der Waals surface area contributed by atoms with Gasteiger partial charge in [-0.2, -0.15) is 0 Å². The fraction of sp³-hybridized carbons (Fsp3) is 0. The van der Waals surface area contributed by atoms with Crippen molar-refractivity contribution >= 4 is 22.8 Å². The fourth-order valence-corrected chi connectivity index (χ4v) is 3.59. The summed E-state index contributed by atoms with van der Waals surface area (Å²) in [4.78, 5) is 26.2. The molecule has 8 nitrogen and oxygen atoms in total. The molecule has 0 saturated heterocycles. The normalized spacial score (nSPS) is 18.5. The van der Waals surface area contributed by atoms with Gasteiger partial charge in [0.1, 0.15) is 0 Å². The van der Waals surface area contributed by atoms with Crippen molar-refractivity contribution in [1.82, 2.24) is 0 Å². The molecule has 0 spiro atoms. The summed E-state index contributed by atoms with van der Waals surface area (Å²) in [7, 11) is -13.7. The molecule has 0 saturated carbocycles. The van der Waals surface area contributed by atoms with Crippen molar-refractivity contribution < 1.29 is 37.2 Å². The average Bonchev–Trinajstić information content (AvgIpc) is 2.15. The first kappa shape index (κ1) is 16.6. The summed E-state index contributed by atoms with van der Waals surface area (Å²) < 4.78 is 41.9. The van der Waals surface area contributed by atoms with Crippen molar-refractivity contribution in [3.8, 4) is 0 Å². The zero-order valence-electron chi connectivity index (χ0n) is 8.50. The molecule has 3 N–H and O–H groups in total. The highest BCUT2D eigenvalue weighted by atomic mass is 31.3. The molecule has 0 rings (SSSR count). The van der Waals surface area contributed by atoms with E-state index in [4.69, 9.17) is 14.7 Å². The first-order chi connectivity index (χ1) is 7.46. The van der Waals surface area contributed by atoms with Crippen LogP contribution in [-0.4, -0.2) is 14.7 Å². The van der Waals surface area contributed by atoms with Crippen LogP contribution < -0.4 is 0 Å². The Kier molecular flexibility index (Phi) is 5.32. The molecule has 2 unspecified atom stereocenters. The van der Waals surface area contributed by atoms with E-state index >= 15 is 0 Å². The van der Waals surface area contributed by atoms with Crippen molar-refractivity contribution in [1.29, 1.82) is 0 Å². The third kappa shape index (κ3) is 5.61. The Labute approximate surface area is 97.5 Å². The Balaban J connectivity index is 5.09. The maximum Gasteiger partial charge on any atom is 0.410 e. The van der Waals surface area contributed by atoms with Crippen molar-refractivity contribution in [2.24, 2.45) is 0 Å². The van der Waals surface area contributed by atoms with Gasteiger partial charge < -0.3 is 19.2 Å². The Morgan fingerprint density at radius 1 is 1.06 bits per heavy atom. The van der Waals surface area contributed by atoms with Crippen LogP contribution in [0.4, 0.5) is 0 Å². The van der Waals surface area contributed by atoms with Crippen LogP contribution in [0.25, 0.3) is 0 Å². The third-order valence-electron chi connectivity index (χ3n) is 1.24. The zero-order valence-corrected chi connectivity index (χ0v) is 11.2. The Hall–Kier alpha value is -0.450. The van der Waals surface area contributed by atoms with Crippen LogP contribution in [0.5, 0.6) is 0 Å². The van der Waals surface area contributed by atoms with Crippen molar-refractivity contribution in [3.63, 3.8) is 0 Å². The van der Waals surface area contributed by atoms with E-state index in [0.29, 0.717) is 11.6 Å². The van der Waals surface area contributed by atoms with Gasteiger partial charge in [0.25, 0.3) is 0 Å². The maximum atomic E-state index is 11.7. The monoisotopic (exact) mass is 304 g/mol. The third-order valence-corrected chi connectivity index (χ3v) is 5.36. The molecule has 0 aromatic heterocycles. The zero-order chi connectivity index (χ0) is 13.9. The van der Waals surface area contributed by atoms with Crippen LogP contribution in [0.2, 0.25) is 0 Å². The lowest BCUT2D eigenvalue weighted by Crippen LogP contribution is -1.93. The minimum Gasteiger partial charge on any atom is -0.413 e. The standard InChI is InChI=1S/C6H11O8P3/c1-4-15(7,8)14-16(9,5-2)13-6(3)17(10,11)12/h4-5H,1-3H2,(H,7,8)(H2,10,11,12). The highest BCUT2D eigenvalue weighted by molar-refractivity contribution is 7.70. The summed E-state index contributed by atoms with van der Waals surface area (Å²) in [5.41, 5.74) is -1.16. The summed E-state index contributed by atoms with van der Waals surface area (Å²) in [6, 6.07) is 0. The molecule has 0 aromatic carbocycles. The van der Waals surface area contributed by atoms with Gasteiger partial charge in [0.05, 0.1) is 0 Å². The summed E-state index contributed by atoms with van der Waals surface area (Å²) in [6.07, 6.45) is 0. The molecule has 0 fully saturated rings. The highest BCUT2D eigenvalue weighted by Crippen LogP contribution is 2.66. The molecular formula is C6H11O8P3. The van der Waals surface area contributed by atoms with Gasteiger partial charge in [-0.3, -0.25) is 9.13 Å². The van der Waals surface area contributed by atoms with Crippen LogP contribution in [0.15, 0.2) is 36.9 Å². The second kappa shape index (κ2) is 5.46. The van der Waals surface area contributed by atoms with Gasteiger partial charge in [-0.15, -0.1) is 0 Å². The van der Waals surface area contributed by atoms with Gasteiger partial charge in [0.2, 0.25) is 5.50 Å². The lowest BCUT2D eigenvalue weighted by Gasteiger charge is -2.18. The van der Waals surface area contributed by atoms with Crippen LogP contribution in [0, 0.1) is 0 Å². The summed E-state index contributed by atoms with van der Waals surface area (Å²) >= 11 is 0. The van der Waals surface area contributed by atoms with E-state index in [1.807, 2.05) is 0 Å². The van der Waals surface area contributed by atoms with Crippen LogP contribution in [0.3, 0.4) is 0 Å². The van der Waals surface area contributed by atoms with Crippen molar-refractivity contribution in [2.45, 2.75) is 0 Å². The topological polar surface area (TPSA) is 130 Å². The average molecular weight is 304 g/mol. The van der Waals surface area contributed by atoms with E-state index in [1.165, 1.54) is 0 Å². The van der Waals surface area contributed by atoms with Crippen molar-refractivity contribution in [2.75, 3.05) is 0 Å². The van der Waals surface area contributed by atoms with E-state index in [0.717, 1.165) is 0 Å². The molecule has 98 valence electrons. The van der Waals surface area contributed by atoms with Crippen LogP contribution in [-0.2, 0) is 22.5 Å². The molecule has 0 aliphatic rings. The lowest BCUT2D eigenvalue weighted by molar-refractivity contribution is 0.304. The van der Waals surface area contributed by atoms with Gasteiger partial charge >= 0.3 is 22.8 Å². The van der Waals surface area contributed by atoms with Gasteiger partial charge in [-0.25, -0.2) is 8.88 Å². The first-order valence-corrected chi connectivity index (χ1v) is 8.68. The van der Waals surface area contributed by atoms with Gasteiger partial charge in [0.15, 0.2) is 0 Å². The SMILES string of the molecule is C=CP(=O)(O)OP(=O)(C=C)OC(=C)P(=O)(O)O. The van der Waals surface area contributed by atoms with Gasteiger partial charge in [0, 0.05) is 11.6 Å². The van der Waals surface area contributed by atoms with Crippen LogP contribution in [0.1, 0.15) is 0 Å². The van der Waals surface area contributed by atoms with E-state index in [-0.39, 0.29) is 0 Å². The molecular weight excluding hydrogens is 293 g/mol. The van der Waals surface area contributed by atoms with Gasteiger partial charge in [-0.05, 0) is 6.58 Å². The maximum absolute atomic E-state index is 11.7. The Bertz CT molecular complexity index is 474. The predicted octanol–water partition coefficient (Wildman–Crippen LogP) is 2.33. The lowest BCUT2D eigenvalue weighted by atomic mass is 11.2. The summed E-state index contributed by atoms with van der Waals surface area (Å²) in [5.74, 6) is 0.993. The predicted molar refractivity (Wildman–Crippen MR) is 61.2 cm³/mol. The largest absolute Gasteiger partial charge is 0.413 e. The van der Waals surface area contributed by atoms with E-state index < -0.39 is 28.3 Å². The second-order valence-corrected chi connectivity index (χ2v) is 7.94. The molecule has 0 radical (unpaired) electrons. The smallest absolute Gasteiger partial charge is 0.410 e. The van der Waals surface area contributed by atoms with Gasteiger partial charge in [-0.1, -0.05) is 13.2 Å². The molecule has 0 bridgehead atoms. The Morgan fingerprint density at radius 3 is 1.82 bits per heavy atom. The molecule has 0 aliphatic carbocycles. The number of hydrogen-bond donors (Lipinski definition) is 3. The fourth-order valence-electron chi connectivity index (χ4n) is 0.484. The van der Waals surface area contributed by atoms with Crippen LogP contribution >= 0.6 is 22.8 Å². The molecule has 0 aromatic rings. The van der Waals surface area contributed by atoms with Crippen molar-refractivity contribution in [3.05, 3.63) is 36.9 Å². The number of hydrogen-bond acceptors (Lipinski definition) is 5. The van der Waals surface area contributed by atoms with E-state index in [1.54, 1.807) is 0 Å². The molecule has 17 heavy (non-hydrogen) atoms. The molecule has 11 heteroatoms. The minimum absolute atomic E-state index is 0.479. The molecule has 0 aliphatic heterocycles. The summed E-state index contributed by atoms with van der Waals surface area (Å²) in [5, 5.41) is 0. The quantitative estimate of drug-likeness (QED) is 0.482. The van der Waals surface area contributed by atoms with E-state index in [9.17, 15) is 13.7 Å². The Morgan fingerprint density at radius 2 is 1.53 bits per heavy atom. The molecule has 2 atom stereocenters. The summed E-state index contributed by atoms with van der Waals surface area (Å²) in [6.45, 7) is 8.80. The second-order valence-electron chi connectivity index (χ2n) is 2.58.